The fourth-order valence-electron chi connectivity index (χ4n) is 2.32. The van der Waals surface area contributed by atoms with Gasteiger partial charge in [0.1, 0.15) is 0 Å². The molecule has 0 aromatic carbocycles. The molecule has 0 N–H and O–H groups in total. The van der Waals surface area contributed by atoms with Crippen molar-refractivity contribution in [2.45, 2.75) is 50.3 Å². The van der Waals surface area contributed by atoms with Crippen LogP contribution in [0.4, 0.5) is 0 Å². The van der Waals surface area contributed by atoms with Gasteiger partial charge in [-0.15, -0.1) is 22.9 Å². The highest BCUT2D eigenvalue weighted by atomic mass is 35.5. The summed E-state index contributed by atoms with van der Waals surface area (Å²) in [6.45, 7) is 2.21. The van der Waals surface area contributed by atoms with E-state index in [1.165, 1.54) is 42.5 Å². The SMILES string of the molecule is Cc1ccsc1C1CCCCCC1Cl. The summed E-state index contributed by atoms with van der Waals surface area (Å²) in [5.41, 5.74) is 1.44. The maximum atomic E-state index is 6.46. The van der Waals surface area contributed by atoms with Crippen molar-refractivity contribution in [2.24, 2.45) is 0 Å². The molecular weight excluding hydrogens is 212 g/mol. The Kier molecular flexibility index (Phi) is 3.51. The summed E-state index contributed by atoms with van der Waals surface area (Å²) in [5.74, 6) is 0.624. The van der Waals surface area contributed by atoms with Crippen LogP contribution in [0.5, 0.6) is 0 Å². The van der Waals surface area contributed by atoms with Crippen LogP contribution in [-0.4, -0.2) is 5.38 Å². The van der Waals surface area contributed by atoms with Gasteiger partial charge in [0.05, 0.1) is 0 Å². The molecule has 0 saturated heterocycles. The Labute approximate surface area is 95.3 Å². The van der Waals surface area contributed by atoms with E-state index < -0.39 is 0 Å². The molecule has 14 heavy (non-hydrogen) atoms. The van der Waals surface area contributed by atoms with Crippen LogP contribution in [0.25, 0.3) is 0 Å². The normalized spacial score (nSPS) is 28.7. The Morgan fingerprint density at radius 3 is 2.79 bits per heavy atom. The van der Waals surface area contributed by atoms with E-state index >= 15 is 0 Å². The number of aryl methyl sites for hydroxylation is 1. The third kappa shape index (κ3) is 2.14. The minimum atomic E-state index is 0.370. The fraction of sp³-hybridized carbons (Fsp3) is 0.667. The average Bonchev–Trinajstić information content (AvgIpc) is 2.46. The molecule has 0 spiro atoms. The summed E-state index contributed by atoms with van der Waals surface area (Å²) in [4.78, 5) is 1.53. The first-order valence-electron chi connectivity index (χ1n) is 5.47. The molecule has 2 heteroatoms. The lowest BCUT2D eigenvalue weighted by atomic mass is 9.96. The second-order valence-corrected chi connectivity index (χ2v) is 5.74. The molecule has 0 aliphatic heterocycles. The second-order valence-electron chi connectivity index (χ2n) is 4.23. The average molecular weight is 229 g/mol. The van der Waals surface area contributed by atoms with Crippen LogP contribution in [-0.2, 0) is 0 Å². The van der Waals surface area contributed by atoms with Crippen molar-refractivity contribution in [2.75, 3.05) is 0 Å². The molecule has 1 heterocycles. The lowest BCUT2D eigenvalue weighted by Crippen LogP contribution is -2.10. The van der Waals surface area contributed by atoms with Crippen molar-refractivity contribution >= 4 is 22.9 Å². The molecule has 2 unspecified atom stereocenters. The van der Waals surface area contributed by atoms with Gasteiger partial charge in [0.15, 0.2) is 0 Å². The molecule has 1 aromatic rings. The van der Waals surface area contributed by atoms with Gasteiger partial charge >= 0.3 is 0 Å². The van der Waals surface area contributed by atoms with Gasteiger partial charge in [0, 0.05) is 16.2 Å². The van der Waals surface area contributed by atoms with Crippen molar-refractivity contribution in [3.05, 3.63) is 21.9 Å². The van der Waals surface area contributed by atoms with E-state index in [9.17, 15) is 0 Å². The first-order chi connectivity index (χ1) is 6.79. The second kappa shape index (κ2) is 4.67. The van der Waals surface area contributed by atoms with Crippen LogP contribution in [0.1, 0.15) is 48.5 Å². The number of halogens is 1. The van der Waals surface area contributed by atoms with Gasteiger partial charge in [-0.2, -0.15) is 0 Å². The summed E-state index contributed by atoms with van der Waals surface area (Å²) in [6.07, 6.45) is 6.52. The predicted octanol–water partition coefficient (Wildman–Crippen LogP) is 4.71. The largest absolute Gasteiger partial charge is 0.148 e. The minimum absolute atomic E-state index is 0.370. The van der Waals surface area contributed by atoms with Crippen LogP contribution in [0, 0.1) is 6.92 Å². The van der Waals surface area contributed by atoms with Crippen molar-refractivity contribution < 1.29 is 0 Å². The molecule has 78 valence electrons. The molecule has 1 aliphatic rings. The maximum absolute atomic E-state index is 6.46. The molecular formula is C12H17ClS. The van der Waals surface area contributed by atoms with E-state index in [-0.39, 0.29) is 0 Å². The first-order valence-corrected chi connectivity index (χ1v) is 6.78. The number of thiophene rings is 1. The Hall–Kier alpha value is -0.0100. The summed E-state index contributed by atoms with van der Waals surface area (Å²) in [6, 6.07) is 2.22. The van der Waals surface area contributed by atoms with E-state index in [1.54, 1.807) is 0 Å². The molecule has 0 nitrogen and oxygen atoms in total. The van der Waals surface area contributed by atoms with Crippen molar-refractivity contribution in [3.63, 3.8) is 0 Å². The lowest BCUT2D eigenvalue weighted by molar-refractivity contribution is 0.607. The van der Waals surface area contributed by atoms with Gasteiger partial charge < -0.3 is 0 Å². The van der Waals surface area contributed by atoms with Crippen molar-refractivity contribution in [1.82, 2.24) is 0 Å². The van der Waals surface area contributed by atoms with Crippen LogP contribution < -0.4 is 0 Å². The Morgan fingerprint density at radius 1 is 1.29 bits per heavy atom. The molecule has 0 amide bonds. The number of hydrogen-bond acceptors (Lipinski definition) is 1. The zero-order valence-electron chi connectivity index (χ0n) is 8.63. The van der Waals surface area contributed by atoms with Crippen LogP contribution in [0.2, 0.25) is 0 Å². The molecule has 1 aromatic heterocycles. The summed E-state index contributed by atoms with van der Waals surface area (Å²) in [7, 11) is 0. The molecule has 0 radical (unpaired) electrons. The third-order valence-electron chi connectivity index (χ3n) is 3.17. The zero-order chi connectivity index (χ0) is 9.97. The topological polar surface area (TPSA) is 0 Å². The number of alkyl halides is 1. The fourth-order valence-corrected chi connectivity index (χ4v) is 3.93. The van der Waals surface area contributed by atoms with E-state index in [0.29, 0.717) is 11.3 Å². The quantitative estimate of drug-likeness (QED) is 0.482. The predicted molar refractivity (Wildman–Crippen MR) is 64.5 cm³/mol. The van der Waals surface area contributed by atoms with Crippen LogP contribution in [0.15, 0.2) is 11.4 Å². The van der Waals surface area contributed by atoms with Crippen LogP contribution in [0.3, 0.4) is 0 Å². The maximum Gasteiger partial charge on any atom is 0.0412 e. The highest BCUT2D eigenvalue weighted by Crippen LogP contribution is 2.38. The summed E-state index contributed by atoms with van der Waals surface area (Å²) < 4.78 is 0. The van der Waals surface area contributed by atoms with Crippen molar-refractivity contribution in [3.8, 4) is 0 Å². The standard InChI is InChI=1S/C12H17ClS/c1-9-7-8-14-12(9)10-5-3-2-4-6-11(10)13/h7-8,10-11H,2-6H2,1H3. The van der Waals surface area contributed by atoms with Gasteiger partial charge in [-0.1, -0.05) is 19.3 Å². The van der Waals surface area contributed by atoms with E-state index in [4.69, 9.17) is 11.6 Å². The molecule has 2 atom stereocenters. The number of hydrogen-bond donors (Lipinski definition) is 0. The molecule has 1 fully saturated rings. The van der Waals surface area contributed by atoms with Crippen molar-refractivity contribution in [1.29, 1.82) is 0 Å². The van der Waals surface area contributed by atoms with E-state index in [1.807, 2.05) is 11.3 Å². The minimum Gasteiger partial charge on any atom is -0.148 e. The third-order valence-corrected chi connectivity index (χ3v) is 4.84. The smallest absolute Gasteiger partial charge is 0.0412 e. The van der Waals surface area contributed by atoms with Gasteiger partial charge in [-0.25, -0.2) is 0 Å². The van der Waals surface area contributed by atoms with Gasteiger partial charge in [0.25, 0.3) is 0 Å². The highest BCUT2D eigenvalue weighted by molar-refractivity contribution is 7.10. The Bertz CT molecular complexity index is 292. The van der Waals surface area contributed by atoms with Gasteiger partial charge in [-0.05, 0) is 36.8 Å². The van der Waals surface area contributed by atoms with Gasteiger partial charge in [0.2, 0.25) is 0 Å². The molecule has 1 saturated carbocycles. The molecule has 2 rings (SSSR count). The summed E-state index contributed by atoms with van der Waals surface area (Å²) in [5, 5.41) is 2.56. The highest BCUT2D eigenvalue weighted by Gasteiger charge is 2.25. The Balaban J connectivity index is 2.19. The zero-order valence-corrected chi connectivity index (χ0v) is 10.2. The van der Waals surface area contributed by atoms with E-state index in [0.717, 1.165) is 0 Å². The lowest BCUT2D eigenvalue weighted by Gasteiger charge is -2.19. The Morgan fingerprint density at radius 2 is 2.07 bits per heavy atom. The first kappa shape index (κ1) is 10.5. The molecule has 0 bridgehead atoms. The molecule has 1 aliphatic carbocycles. The van der Waals surface area contributed by atoms with Gasteiger partial charge in [-0.3, -0.25) is 0 Å². The summed E-state index contributed by atoms with van der Waals surface area (Å²) >= 11 is 8.34. The monoisotopic (exact) mass is 228 g/mol. The van der Waals surface area contributed by atoms with Crippen LogP contribution >= 0.6 is 22.9 Å². The number of rotatable bonds is 1. The van der Waals surface area contributed by atoms with E-state index in [2.05, 4.69) is 18.4 Å².